The van der Waals surface area contributed by atoms with Crippen LogP contribution >= 0.6 is 0 Å². The van der Waals surface area contributed by atoms with Crippen LogP contribution in [0.5, 0.6) is 0 Å². The van der Waals surface area contributed by atoms with Crippen molar-refractivity contribution in [3.8, 4) is 0 Å². The van der Waals surface area contributed by atoms with Crippen LogP contribution in [0.1, 0.15) is 38.7 Å². The second-order valence-corrected chi connectivity index (χ2v) is 5.14. The third-order valence-corrected chi connectivity index (χ3v) is 3.92. The van der Waals surface area contributed by atoms with Crippen LogP contribution in [0.2, 0.25) is 0 Å². The fraction of sp³-hybridized carbons (Fsp3) is 0.412. The van der Waals surface area contributed by atoms with Crippen LogP contribution in [0.25, 0.3) is 0 Å². The number of ether oxygens (including phenoxy) is 1. The van der Waals surface area contributed by atoms with E-state index in [1.165, 1.54) is 6.07 Å². The predicted octanol–water partition coefficient (Wildman–Crippen LogP) is 3.00. The first-order valence-corrected chi connectivity index (χ1v) is 7.43. The van der Waals surface area contributed by atoms with Gasteiger partial charge in [0, 0.05) is 24.6 Å². The number of esters is 1. The Kier molecular flexibility index (Phi) is 4.96. The van der Waals surface area contributed by atoms with Gasteiger partial charge in [0.25, 0.3) is 0 Å². The van der Waals surface area contributed by atoms with Crippen LogP contribution in [-0.4, -0.2) is 29.9 Å². The third-order valence-electron chi connectivity index (χ3n) is 3.92. The molecule has 1 aromatic rings. The van der Waals surface area contributed by atoms with Crippen molar-refractivity contribution >= 4 is 11.9 Å². The van der Waals surface area contributed by atoms with E-state index in [0.29, 0.717) is 23.4 Å². The number of halogens is 1. The number of benzene rings is 1. The zero-order valence-electron chi connectivity index (χ0n) is 13.1. The van der Waals surface area contributed by atoms with Gasteiger partial charge in [-0.1, -0.05) is 18.2 Å². The van der Waals surface area contributed by atoms with E-state index in [2.05, 4.69) is 0 Å². The minimum atomic E-state index is -0.601. The van der Waals surface area contributed by atoms with Crippen LogP contribution in [0.3, 0.4) is 0 Å². The number of hydrogen-bond donors (Lipinski definition) is 0. The lowest BCUT2D eigenvalue weighted by Gasteiger charge is -2.33. The molecule has 1 amide bonds. The molecule has 1 heterocycles. The molecule has 0 bridgehead atoms. The Morgan fingerprint density at radius 3 is 2.64 bits per heavy atom. The van der Waals surface area contributed by atoms with Gasteiger partial charge in [0.15, 0.2) is 0 Å². The van der Waals surface area contributed by atoms with Crippen LogP contribution in [0.4, 0.5) is 4.39 Å². The number of rotatable bonds is 4. The maximum atomic E-state index is 14.1. The summed E-state index contributed by atoms with van der Waals surface area (Å²) in [4.78, 5) is 26.2. The molecule has 0 fully saturated rings. The summed E-state index contributed by atoms with van der Waals surface area (Å²) in [5.41, 5.74) is 1.27. The smallest absolute Gasteiger partial charge is 0.336 e. The molecule has 22 heavy (non-hydrogen) atoms. The highest BCUT2D eigenvalue weighted by Gasteiger charge is 2.37. The quantitative estimate of drug-likeness (QED) is 0.803. The van der Waals surface area contributed by atoms with Crippen LogP contribution in [0.15, 0.2) is 35.5 Å². The summed E-state index contributed by atoms with van der Waals surface area (Å²) in [6, 6.07) is 6.24. The zero-order chi connectivity index (χ0) is 16.3. The van der Waals surface area contributed by atoms with Crippen LogP contribution in [-0.2, 0) is 14.3 Å². The van der Waals surface area contributed by atoms with Crippen LogP contribution in [0, 0.1) is 5.82 Å². The van der Waals surface area contributed by atoms with Gasteiger partial charge in [-0.3, -0.25) is 4.79 Å². The van der Waals surface area contributed by atoms with Crippen molar-refractivity contribution in [3.05, 3.63) is 46.9 Å². The van der Waals surface area contributed by atoms with E-state index in [0.717, 1.165) is 0 Å². The molecule has 1 aliphatic rings. The highest BCUT2D eigenvalue weighted by Crippen LogP contribution is 2.37. The molecule has 1 aliphatic heterocycles. The van der Waals surface area contributed by atoms with Gasteiger partial charge < -0.3 is 9.64 Å². The molecular formula is C17H20FNO3. The Morgan fingerprint density at radius 2 is 2.05 bits per heavy atom. The summed E-state index contributed by atoms with van der Waals surface area (Å²) in [5.74, 6) is -1.61. The number of allylic oxidation sites excluding steroid dienone is 1. The fourth-order valence-corrected chi connectivity index (χ4v) is 2.91. The Morgan fingerprint density at radius 1 is 1.36 bits per heavy atom. The Balaban J connectivity index is 2.56. The average Bonchev–Trinajstić information content (AvgIpc) is 2.47. The molecule has 4 nitrogen and oxygen atoms in total. The number of hydrogen-bond acceptors (Lipinski definition) is 3. The minimum absolute atomic E-state index is 0.0697. The molecule has 5 heteroatoms. The largest absolute Gasteiger partial charge is 0.463 e. The standard InChI is InChI=1S/C17H20FNO3/c1-4-19-11(3)16(17(21)22-5-2)13(10-15(19)20)12-8-6-7-9-14(12)18/h6-9,13H,4-5,10H2,1-3H3. The van der Waals surface area contributed by atoms with E-state index in [1.54, 1.807) is 36.9 Å². The molecule has 0 saturated heterocycles. The van der Waals surface area contributed by atoms with Crippen molar-refractivity contribution in [2.45, 2.75) is 33.1 Å². The lowest BCUT2D eigenvalue weighted by Crippen LogP contribution is -2.38. The van der Waals surface area contributed by atoms with E-state index in [4.69, 9.17) is 4.74 Å². The second kappa shape index (κ2) is 6.73. The number of carbonyl (C=O) groups is 2. The first-order valence-electron chi connectivity index (χ1n) is 7.43. The molecule has 2 rings (SSSR count). The van der Waals surface area contributed by atoms with Crippen molar-refractivity contribution in [1.29, 1.82) is 0 Å². The minimum Gasteiger partial charge on any atom is -0.463 e. The first kappa shape index (κ1) is 16.2. The van der Waals surface area contributed by atoms with Gasteiger partial charge in [-0.05, 0) is 32.4 Å². The highest BCUT2D eigenvalue weighted by molar-refractivity contribution is 5.95. The SMILES string of the molecule is CCOC(=O)C1=C(C)N(CC)C(=O)CC1c1ccccc1F. The number of amides is 1. The lowest BCUT2D eigenvalue weighted by molar-refractivity contribution is -0.140. The number of nitrogens with zero attached hydrogens (tertiary/aromatic N) is 1. The zero-order valence-corrected chi connectivity index (χ0v) is 13.1. The summed E-state index contributed by atoms with van der Waals surface area (Å²) < 4.78 is 19.2. The highest BCUT2D eigenvalue weighted by atomic mass is 19.1. The summed E-state index contributed by atoms with van der Waals surface area (Å²) in [5, 5.41) is 0. The molecule has 0 aromatic heterocycles. The Bertz CT molecular complexity index is 624. The lowest BCUT2D eigenvalue weighted by atomic mass is 9.83. The molecule has 0 saturated carbocycles. The molecule has 1 unspecified atom stereocenters. The predicted molar refractivity (Wildman–Crippen MR) is 80.5 cm³/mol. The summed E-state index contributed by atoms with van der Waals surface area (Å²) in [6.45, 7) is 5.98. The molecular weight excluding hydrogens is 285 g/mol. The molecule has 0 spiro atoms. The van der Waals surface area contributed by atoms with E-state index >= 15 is 0 Å². The molecule has 0 radical (unpaired) electrons. The summed E-state index contributed by atoms with van der Waals surface area (Å²) in [6.07, 6.45) is 0.0697. The average molecular weight is 305 g/mol. The van der Waals surface area contributed by atoms with Gasteiger partial charge in [-0.2, -0.15) is 0 Å². The molecule has 0 N–H and O–H groups in total. The Hall–Kier alpha value is -2.17. The summed E-state index contributed by atoms with van der Waals surface area (Å²) in [7, 11) is 0. The maximum Gasteiger partial charge on any atom is 0.336 e. The van der Waals surface area contributed by atoms with E-state index in [-0.39, 0.29) is 18.9 Å². The van der Waals surface area contributed by atoms with Crippen molar-refractivity contribution < 1.29 is 18.7 Å². The molecule has 1 aromatic carbocycles. The van der Waals surface area contributed by atoms with Crippen molar-refractivity contribution in [1.82, 2.24) is 4.90 Å². The molecule has 0 aliphatic carbocycles. The Labute approximate surface area is 129 Å². The normalized spacial score (nSPS) is 18.6. The van der Waals surface area contributed by atoms with E-state index in [1.807, 2.05) is 6.92 Å². The van der Waals surface area contributed by atoms with Gasteiger partial charge in [-0.25, -0.2) is 9.18 Å². The molecule has 1 atom stereocenters. The monoisotopic (exact) mass is 305 g/mol. The molecule has 118 valence electrons. The van der Waals surface area contributed by atoms with Gasteiger partial charge in [0.1, 0.15) is 5.82 Å². The second-order valence-electron chi connectivity index (χ2n) is 5.14. The van der Waals surface area contributed by atoms with Gasteiger partial charge in [-0.15, -0.1) is 0 Å². The number of carbonyl (C=O) groups excluding carboxylic acids is 2. The van der Waals surface area contributed by atoms with Gasteiger partial charge in [0.05, 0.1) is 12.2 Å². The van der Waals surface area contributed by atoms with Gasteiger partial charge >= 0.3 is 5.97 Å². The van der Waals surface area contributed by atoms with Crippen molar-refractivity contribution in [2.24, 2.45) is 0 Å². The third kappa shape index (κ3) is 2.89. The van der Waals surface area contributed by atoms with Crippen molar-refractivity contribution in [3.63, 3.8) is 0 Å². The van der Waals surface area contributed by atoms with Crippen LogP contribution < -0.4 is 0 Å². The van der Waals surface area contributed by atoms with E-state index < -0.39 is 17.7 Å². The first-order chi connectivity index (χ1) is 10.5. The van der Waals surface area contributed by atoms with Crippen molar-refractivity contribution in [2.75, 3.05) is 13.2 Å². The maximum absolute atomic E-state index is 14.1. The van der Waals surface area contributed by atoms with E-state index in [9.17, 15) is 14.0 Å². The van der Waals surface area contributed by atoms with Gasteiger partial charge in [0.2, 0.25) is 5.91 Å². The summed E-state index contributed by atoms with van der Waals surface area (Å²) >= 11 is 0. The topological polar surface area (TPSA) is 46.6 Å². The fourth-order valence-electron chi connectivity index (χ4n) is 2.91.